The maximum absolute atomic E-state index is 13.8. The molecule has 1 N–H and O–H groups in total. The van der Waals surface area contributed by atoms with E-state index in [1.165, 1.54) is 12.1 Å². The first kappa shape index (κ1) is 24.6. The Hall–Kier alpha value is -4.13. The van der Waals surface area contributed by atoms with E-state index in [-0.39, 0.29) is 23.4 Å². The number of methoxy groups -OCH3 is 1. The van der Waals surface area contributed by atoms with Gasteiger partial charge in [-0.3, -0.25) is 14.6 Å². The van der Waals surface area contributed by atoms with Gasteiger partial charge in [-0.2, -0.15) is 0 Å². The third kappa shape index (κ3) is 4.94. The van der Waals surface area contributed by atoms with E-state index in [9.17, 15) is 14.0 Å². The van der Waals surface area contributed by atoms with Crippen molar-refractivity contribution in [2.24, 2.45) is 10.9 Å². The van der Waals surface area contributed by atoms with E-state index < -0.39 is 11.8 Å². The molecule has 2 heterocycles. The van der Waals surface area contributed by atoms with Crippen molar-refractivity contribution in [1.82, 2.24) is 4.98 Å². The second-order valence-electron chi connectivity index (χ2n) is 9.57. The molecule has 2 aliphatic rings. The summed E-state index contributed by atoms with van der Waals surface area (Å²) in [6.07, 6.45) is 0.938. The maximum Gasteiger partial charge on any atom is 0.255 e. The zero-order valence-corrected chi connectivity index (χ0v) is 21.0. The smallest absolute Gasteiger partial charge is 0.255 e. The SMILES string of the molecule is COc1ccc(C2CC(=O)C3C(=NC(C)=C(C(=O)Nc4cccc(C)n4)C3c3ccc(F)cc3)C2)cc1. The third-order valence-corrected chi connectivity index (χ3v) is 7.15. The molecule has 1 amide bonds. The number of rotatable bonds is 5. The Balaban J connectivity index is 1.54. The van der Waals surface area contributed by atoms with Crippen molar-refractivity contribution in [3.63, 3.8) is 0 Å². The summed E-state index contributed by atoms with van der Waals surface area (Å²) in [6, 6.07) is 19.2. The average molecular weight is 498 g/mol. The van der Waals surface area contributed by atoms with Crippen molar-refractivity contribution >= 4 is 23.2 Å². The molecule has 1 aliphatic carbocycles. The molecule has 2 aromatic carbocycles. The maximum atomic E-state index is 13.8. The van der Waals surface area contributed by atoms with Crippen molar-refractivity contribution in [2.75, 3.05) is 12.4 Å². The lowest BCUT2D eigenvalue weighted by Gasteiger charge is -2.38. The highest BCUT2D eigenvalue weighted by Gasteiger charge is 2.45. The fourth-order valence-electron chi connectivity index (χ4n) is 5.41. The normalized spacial score (nSPS) is 21.2. The predicted octanol–water partition coefficient (Wildman–Crippen LogP) is 5.75. The molecule has 0 radical (unpaired) electrons. The lowest BCUT2D eigenvalue weighted by Crippen LogP contribution is -2.41. The van der Waals surface area contributed by atoms with Crippen LogP contribution in [0.1, 0.15) is 48.4 Å². The number of allylic oxidation sites excluding steroid dienone is 1. The number of fused-ring (bicyclic) bond motifs is 1. The van der Waals surface area contributed by atoms with Crippen LogP contribution in [-0.2, 0) is 9.59 Å². The summed E-state index contributed by atoms with van der Waals surface area (Å²) in [5, 5.41) is 2.88. The van der Waals surface area contributed by atoms with E-state index in [2.05, 4.69) is 10.3 Å². The van der Waals surface area contributed by atoms with Crippen molar-refractivity contribution in [2.45, 2.75) is 38.5 Å². The highest BCUT2D eigenvalue weighted by atomic mass is 19.1. The van der Waals surface area contributed by atoms with E-state index in [1.54, 1.807) is 32.2 Å². The Kier molecular flexibility index (Phi) is 6.70. The first-order valence-electron chi connectivity index (χ1n) is 12.3. The second-order valence-corrected chi connectivity index (χ2v) is 9.57. The largest absolute Gasteiger partial charge is 0.497 e. The summed E-state index contributed by atoms with van der Waals surface area (Å²) in [7, 11) is 1.62. The van der Waals surface area contributed by atoms with Gasteiger partial charge in [0.2, 0.25) is 0 Å². The highest BCUT2D eigenvalue weighted by Crippen LogP contribution is 2.46. The fourth-order valence-corrected chi connectivity index (χ4v) is 5.41. The van der Waals surface area contributed by atoms with Crippen LogP contribution in [0.4, 0.5) is 10.2 Å². The van der Waals surface area contributed by atoms with Gasteiger partial charge in [0, 0.05) is 35.0 Å². The van der Waals surface area contributed by atoms with Crippen LogP contribution in [0.2, 0.25) is 0 Å². The highest BCUT2D eigenvalue weighted by molar-refractivity contribution is 6.14. The topological polar surface area (TPSA) is 80.6 Å². The number of Topliss-reactive ketones (excluding diaryl/α,β-unsaturated/α-hetero) is 1. The van der Waals surface area contributed by atoms with E-state index >= 15 is 0 Å². The number of nitrogens with zero attached hydrogens (tertiary/aromatic N) is 2. The minimum Gasteiger partial charge on any atom is -0.497 e. The second kappa shape index (κ2) is 10.1. The summed E-state index contributed by atoms with van der Waals surface area (Å²) in [6.45, 7) is 3.64. The number of aromatic nitrogens is 1. The van der Waals surface area contributed by atoms with Gasteiger partial charge < -0.3 is 10.1 Å². The Morgan fingerprint density at radius 3 is 2.32 bits per heavy atom. The van der Waals surface area contributed by atoms with Gasteiger partial charge in [-0.25, -0.2) is 9.37 Å². The molecule has 3 aromatic rings. The number of aryl methyl sites for hydroxylation is 1. The van der Waals surface area contributed by atoms with Crippen molar-refractivity contribution in [3.8, 4) is 5.75 Å². The molecule has 1 aromatic heterocycles. The van der Waals surface area contributed by atoms with Crippen LogP contribution in [0, 0.1) is 18.7 Å². The predicted molar refractivity (Wildman–Crippen MR) is 140 cm³/mol. The number of aliphatic imine (C=N–C) groups is 1. The molecule has 6 nitrogen and oxygen atoms in total. The van der Waals surface area contributed by atoms with Crippen LogP contribution in [0.25, 0.3) is 0 Å². The molecule has 7 heteroatoms. The molecule has 3 atom stereocenters. The van der Waals surface area contributed by atoms with Crippen LogP contribution in [-0.4, -0.2) is 29.5 Å². The molecule has 37 heavy (non-hydrogen) atoms. The fraction of sp³-hybridized carbons (Fsp3) is 0.267. The number of hydrogen-bond acceptors (Lipinski definition) is 5. The third-order valence-electron chi connectivity index (χ3n) is 7.15. The first-order chi connectivity index (χ1) is 17.8. The summed E-state index contributed by atoms with van der Waals surface area (Å²) in [5.74, 6) is -0.706. The first-order valence-corrected chi connectivity index (χ1v) is 12.3. The van der Waals surface area contributed by atoms with Gasteiger partial charge in [0.1, 0.15) is 23.2 Å². The van der Waals surface area contributed by atoms with Crippen LogP contribution < -0.4 is 10.1 Å². The Bertz CT molecular complexity index is 1410. The average Bonchev–Trinajstić information content (AvgIpc) is 2.88. The number of nitrogens with one attached hydrogen (secondary N) is 1. The molecule has 1 aliphatic heterocycles. The number of pyridine rings is 1. The van der Waals surface area contributed by atoms with Gasteiger partial charge in [0.25, 0.3) is 5.91 Å². The minimum absolute atomic E-state index is 0.0121. The quantitative estimate of drug-likeness (QED) is 0.487. The van der Waals surface area contributed by atoms with Crippen LogP contribution in [0.5, 0.6) is 5.75 Å². The van der Waals surface area contributed by atoms with E-state index in [0.717, 1.165) is 22.7 Å². The molecular weight excluding hydrogens is 469 g/mol. The molecular formula is C30H28FN3O3. The molecule has 1 saturated carbocycles. The van der Waals surface area contributed by atoms with E-state index in [1.807, 2.05) is 43.3 Å². The van der Waals surface area contributed by atoms with Gasteiger partial charge in [-0.05, 0) is 73.7 Å². The summed E-state index contributed by atoms with van der Waals surface area (Å²) in [4.78, 5) is 36.5. The van der Waals surface area contributed by atoms with Crippen molar-refractivity contribution in [1.29, 1.82) is 0 Å². The van der Waals surface area contributed by atoms with Gasteiger partial charge >= 0.3 is 0 Å². The Morgan fingerprint density at radius 1 is 0.946 bits per heavy atom. The molecule has 0 saturated heterocycles. The number of benzene rings is 2. The number of anilines is 1. The number of carbonyl (C=O) groups is 2. The molecule has 1 fully saturated rings. The number of halogens is 1. The monoisotopic (exact) mass is 497 g/mol. The number of ether oxygens (including phenoxy) is 1. The zero-order chi connectivity index (χ0) is 26.1. The van der Waals surface area contributed by atoms with Gasteiger partial charge in [0.05, 0.1) is 13.0 Å². The van der Waals surface area contributed by atoms with Gasteiger partial charge in [-0.1, -0.05) is 30.3 Å². The standard InChI is InChI=1S/C30H28FN3O3/c1-17-5-4-6-26(32-17)34-30(36)27-18(2)33-24-15-21(19-9-13-23(37-3)14-10-19)16-25(35)29(24)28(27)20-7-11-22(31)12-8-20/h4-14,21,28-29H,15-16H2,1-3H3,(H,32,34,36). The number of amides is 1. The molecule has 0 bridgehead atoms. The summed E-state index contributed by atoms with van der Waals surface area (Å²) in [5.41, 5.74) is 4.23. The number of ketones is 1. The zero-order valence-electron chi connectivity index (χ0n) is 21.0. The summed E-state index contributed by atoms with van der Waals surface area (Å²) >= 11 is 0. The van der Waals surface area contributed by atoms with Crippen molar-refractivity contribution < 1.29 is 18.7 Å². The molecule has 0 spiro atoms. The van der Waals surface area contributed by atoms with Gasteiger partial charge in [0.15, 0.2) is 0 Å². The van der Waals surface area contributed by atoms with E-state index in [4.69, 9.17) is 9.73 Å². The molecule has 3 unspecified atom stereocenters. The van der Waals surface area contributed by atoms with Crippen molar-refractivity contribution in [3.05, 3.63) is 101 Å². The van der Waals surface area contributed by atoms with Crippen LogP contribution in [0.15, 0.2) is 83.0 Å². The van der Waals surface area contributed by atoms with E-state index in [0.29, 0.717) is 35.5 Å². The molecule has 188 valence electrons. The lowest BCUT2D eigenvalue weighted by atomic mass is 9.66. The minimum atomic E-state index is -0.588. The number of carbonyl (C=O) groups excluding carboxylic acids is 2. The Morgan fingerprint density at radius 2 is 1.65 bits per heavy atom. The Labute approximate surface area is 215 Å². The molecule has 5 rings (SSSR count). The summed E-state index contributed by atoms with van der Waals surface area (Å²) < 4.78 is 19.1. The lowest BCUT2D eigenvalue weighted by molar-refractivity contribution is -0.122. The van der Waals surface area contributed by atoms with Crippen LogP contribution in [0.3, 0.4) is 0 Å². The van der Waals surface area contributed by atoms with Gasteiger partial charge in [-0.15, -0.1) is 0 Å². The van der Waals surface area contributed by atoms with Crippen LogP contribution >= 0.6 is 0 Å². The number of hydrogen-bond donors (Lipinski definition) is 1.